The van der Waals surface area contributed by atoms with Crippen molar-refractivity contribution in [3.05, 3.63) is 58.6 Å². The standard InChI is InChI=1S/C25H33BClNO3.CH2O2/c1-22(2,3)28-16-25(17-11-9-8-10-12-17)15-18-20(29-25)14-13-19(27)21(18)26-30-23(4,5)24(6,7)31-26;2-1-3/h8-14,28H,15-16H2,1-7H3;1H,(H,2,3). The van der Waals surface area contributed by atoms with E-state index in [-0.39, 0.29) is 12.0 Å². The van der Waals surface area contributed by atoms with E-state index in [2.05, 4.69) is 78.0 Å². The van der Waals surface area contributed by atoms with Crippen molar-refractivity contribution >= 4 is 30.7 Å². The Morgan fingerprint density at radius 3 is 2.15 bits per heavy atom. The zero-order valence-electron chi connectivity index (χ0n) is 21.1. The first kappa shape index (κ1) is 26.5. The largest absolute Gasteiger partial charge is 0.496 e. The van der Waals surface area contributed by atoms with E-state index in [4.69, 9.17) is 35.5 Å². The van der Waals surface area contributed by atoms with Crippen LogP contribution in [0.2, 0.25) is 5.02 Å². The van der Waals surface area contributed by atoms with Crippen molar-refractivity contribution in [1.82, 2.24) is 5.32 Å². The third-order valence-corrected chi connectivity index (χ3v) is 7.05. The Hall–Kier alpha value is -2.06. The molecule has 0 radical (unpaired) electrons. The minimum absolute atomic E-state index is 0.0356. The third-order valence-electron chi connectivity index (χ3n) is 6.72. The van der Waals surface area contributed by atoms with Crippen molar-refractivity contribution in [1.29, 1.82) is 0 Å². The van der Waals surface area contributed by atoms with Crippen LogP contribution in [-0.4, -0.2) is 42.0 Å². The predicted octanol–water partition coefficient (Wildman–Crippen LogP) is 4.56. The minimum Gasteiger partial charge on any atom is -0.483 e. The SMILES string of the molecule is CC(C)(C)NCC1(c2ccccc2)Cc2c(ccc(Cl)c2B2OC(C)(C)C(C)(C)O2)O1.O=CO. The maximum absolute atomic E-state index is 8.36. The van der Waals surface area contributed by atoms with Crippen molar-refractivity contribution in [2.75, 3.05) is 6.54 Å². The molecule has 1 unspecified atom stereocenters. The number of carbonyl (C=O) groups is 1. The summed E-state index contributed by atoms with van der Waals surface area (Å²) in [5.74, 6) is 0.841. The molecular weight excluding hydrogens is 453 g/mol. The number of rotatable bonds is 4. The van der Waals surface area contributed by atoms with Gasteiger partial charge in [-0.3, -0.25) is 4.79 Å². The van der Waals surface area contributed by atoms with Gasteiger partial charge < -0.3 is 24.5 Å². The molecule has 1 saturated heterocycles. The fraction of sp³-hybridized carbons (Fsp3) is 0.500. The average molecular weight is 488 g/mol. The van der Waals surface area contributed by atoms with Gasteiger partial charge in [0.25, 0.3) is 6.47 Å². The lowest BCUT2D eigenvalue weighted by molar-refractivity contribution is -0.122. The zero-order chi connectivity index (χ0) is 25.4. The van der Waals surface area contributed by atoms with E-state index in [0.29, 0.717) is 18.0 Å². The molecule has 34 heavy (non-hydrogen) atoms. The second-order valence-electron chi connectivity index (χ2n) is 10.9. The van der Waals surface area contributed by atoms with Crippen molar-refractivity contribution in [2.45, 2.75) is 77.2 Å². The number of fused-ring (bicyclic) bond motifs is 1. The summed E-state index contributed by atoms with van der Waals surface area (Å²) in [6, 6.07) is 14.3. The Balaban J connectivity index is 0.00000103. The molecule has 2 aromatic carbocycles. The summed E-state index contributed by atoms with van der Waals surface area (Å²) < 4.78 is 19.4. The first-order valence-corrected chi connectivity index (χ1v) is 11.9. The normalized spacial score (nSPS) is 22.4. The highest BCUT2D eigenvalue weighted by molar-refractivity contribution is 6.66. The molecule has 0 aliphatic carbocycles. The van der Waals surface area contributed by atoms with Gasteiger partial charge in [-0.25, -0.2) is 0 Å². The molecule has 0 aromatic heterocycles. The van der Waals surface area contributed by atoms with E-state index in [1.54, 1.807) is 0 Å². The van der Waals surface area contributed by atoms with E-state index < -0.39 is 23.9 Å². The molecule has 0 spiro atoms. The van der Waals surface area contributed by atoms with Gasteiger partial charge in [0.15, 0.2) is 5.60 Å². The first-order valence-electron chi connectivity index (χ1n) is 11.5. The summed E-state index contributed by atoms with van der Waals surface area (Å²) in [6.45, 7) is 15.2. The molecule has 0 amide bonds. The molecular formula is C26H35BClNO5. The van der Waals surface area contributed by atoms with Crippen LogP contribution in [0.3, 0.4) is 0 Å². The van der Waals surface area contributed by atoms with Crippen LogP contribution in [-0.2, 0) is 26.1 Å². The molecule has 1 fully saturated rings. The van der Waals surface area contributed by atoms with Gasteiger partial charge in [-0.1, -0.05) is 41.9 Å². The number of halogens is 1. The molecule has 0 saturated carbocycles. The Labute approximate surface area is 208 Å². The average Bonchev–Trinajstić information content (AvgIpc) is 3.21. The molecule has 0 bridgehead atoms. The summed E-state index contributed by atoms with van der Waals surface area (Å²) in [5.41, 5.74) is 1.64. The number of hydrogen-bond donors (Lipinski definition) is 2. The van der Waals surface area contributed by atoms with E-state index in [9.17, 15) is 0 Å². The summed E-state index contributed by atoms with van der Waals surface area (Å²) in [4.78, 5) is 8.36. The molecule has 184 valence electrons. The van der Waals surface area contributed by atoms with Crippen LogP contribution < -0.4 is 15.5 Å². The summed E-state index contributed by atoms with van der Waals surface area (Å²) in [7, 11) is -0.529. The second-order valence-corrected chi connectivity index (χ2v) is 11.3. The van der Waals surface area contributed by atoms with Crippen molar-refractivity contribution in [2.24, 2.45) is 0 Å². The Morgan fingerprint density at radius 2 is 1.62 bits per heavy atom. The summed E-state index contributed by atoms with van der Waals surface area (Å²) in [6.07, 6.45) is 0.690. The quantitative estimate of drug-likeness (QED) is 0.486. The molecule has 2 heterocycles. The second kappa shape index (κ2) is 9.54. The van der Waals surface area contributed by atoms with Crippen LogP contribution in [0.5, 0.6) is 5.75 Å². The number of nitrogens with one attached hydrogen (secondary N) is 1. The van der Waals surface area contributed by atoms with Gasteiger partial charge in [0, 0.05) is 29.0 Å². The Bertz CT molecular complexity index is 1010. The molecule has 4 rings (SSSR count). The highest BCUT2D eigenvalue weighted by Gasteiger charge is 2.54. The molecule has 2 N–H and O–H groups in total. The molecule has 2 aromatic rings. The predicted molar refractivity (Wildman–Crippen MR) is 136 cm³/mol. The maximum Gasteiger partial charge on any atom is 0.496 e. The van der Waals surface area contributed by atoms with Gasteiger partial charge in [0.1, 0.15) is 5.75 Å². The first-order chi connectivity index (χ1) is 15.8. The minimum atomic E-state index is -0.529. The number of ether oxygens (including phenoxy) is 1. The number of benzene rings is 2. The Morgan fingerprint density at radius 1 is 1.06 bits per heavy atom. The highest BCUT2D eigenvalue weighted by Crippen LogP contribution is 2.44. The van der Waals surface area contributed by atoms with E-state index in [0.717, 1.165) is 22.3 Å². The topological polar surface area (TPSA) is 77.0 Å². The van der Waals surface area contributed by atoms with Crippen LogP contribution in [0, 0.1) is 0 Å². The lowest BCUT2D eigenvalue weighted by Crippen LogP contribution is -2.49. The lowest BCUT2D eigenvalue weighted by atomic mass is 9.73. The van der Waals surface area contributed by atoms with Crippen LogP contribution >= 0.6 is 11.6 Å². The molecule has 1 atom stereocenters. The maximum atomic E-state index is 8.36. The smallest absolute Gasteiger partial charge is 0.483 e. The monoisotopic (exact) mass is 487 g/mol. The summed E-state index contributed by atoms with van der Waals surface area (Å²) in [5, 5.41) is 11.2. The van der Waals surface area contributed by atoms with Gasteiger partial charge in [-0.05, 0) is 71.7 Å². The highest BCUT2D eigenvalue weighted by atomic mass is 35.5. The van der Waals surface area contributed by atoms with Crippen LogP contribution in [0.4, 0.5) is 0 Å². The summed E-state index contributed by atoms with van der Waals surface area (Å²) >= 11 is 6.73. The fourth-order valence-electron chi connectivity index (χ4n) is 4.15. The van der Waals surface area contributed by atoms with Crippen molar-refractivity contribution in [3.8, 4) is 5.75 Å². The van der Waals surface area contributed by atoms with Gasteiger partial charge >= 0.3 is 7.12 Å². The van der Waals surface area contributed by atoms with E-state index in [1.807, 2.05) is 18.2 Å². The Kier molecular flexibility index (Phi) is 7.45. The zero-order valence-corrected chi connectivity index (χ0v) is 21.8. The van der Waals surface area contributed by atoms with Gasteiger partial charge in [0.2, 0.25) is 0 Å². The van der Waals surface area contributed by atoms with Gasteiger partial charge in [0.05, 0.1) is 11.2 Å². The van der Waals surface area contributed by atoms with Gasteiger partial charge in [-0.15, -0.1) is 0 Å². The third kappa shape index (κ3) is 5.28. The van der Waals surface area contributed by atoms with Crippen molar-refractivity contribution < 1.29 is 23.9 Å². The van der Waals surface area contributed by atoms with Crippen molar-refractivity contribution in [3.63, 3.8) is 0 Å². The number of hydrogen-bond acceptors (Lipinski definition) is 5. The molecule has 2 aliphatic rings. The fourth-order valence-corrected chi connectivity index (χ4v) is 4.42. The van der Waals surface area contributed by atoms with Crippen LogP contribution in [0.15, 0.2) is 42.5 Å². The molecule has 2 aliphatic heterocycles. The van der Waals surface area contributed by atoms with Gasteiger partial charge in [-0.2, -0.15) is 0 Å². The van der Waals surface area contributed by atoms with Crippen LogP contribution in [0.1, 0.15) is 59.6 Å². The molecule has 6 nitrogen and oxygen atoms in total. The lowest BCUT2D eigenvalue weighted by Gasteiger charge is -2.33. The van der Waals surface area contributed by atoms with E-state index in [1.165, 1.54) is 0 Å². The number of carboxylic acid groups (broad SMARTS) is 1. The van der Waals surface area contributed by atoms with E-state index >= 15 is 0 Å². The molecule has 8 heteroatoms. The van der Waals surface area contributed by atoms with Crippen LogP contribution in [0.25, 0.3) is 0 Å².